The van der Waals surface area contributed by atoms with Gasteiger partial charge in [-0.15, -0.1) is 0 Å². The van der Waals surface area contributed by atoms with E-state index < -0.39 is 0 Å². The molecule has 3 nitrogen and oxygen atoms in total. The van der Waals surface area contributed by atoms with Crippen molar-refractivity contribution < 1.29 is 0 Å². The van der Waals surface area contributed by atoms with Crippen molar-refractivity contribution in [1.82, 2.24) is 10.2 Å². The summed E-state index contributed by atoms with van der Waals surface area (Å²) in [5, 5.41) is 3.50. The maximum atomic E-state index is 4.36. The van der Waals surface area contributed by atoms with E-state index in [0.29, 0.717) is 5.41 Å². The van der Waals surface area contributed by atoms with Crippen molar-refractivity contribution in [3.63, 3.8) is 0 Å². The van der Waals surface area contributed by atoms with Crippen molar-refractivity contribution in [2.75, 3.05) is 33.2 Å². The molecule has 17 heavy (non-hydrogen) atoms. The molecule has 1 N–H and O–H groups in total. The van der Waals surface area contributed by atoms with E-state index in [1.807, 2.05) is 13.1 Å². The van der Waals surface area contributed by atoms with Gasteiger partial charge < -0.3 is 10.2 Å². The molecule has 2 heterocycles. The fraction of sp³-hybridized carbons (Fsp3) is 0.643. The second-order valence-corrected chi connectivity index (χ2v) is 5.09. The molecule has 2 rings (SSSR count). The monoisotopic (exact) mass is 233 g/mol. The lowest BCUT2D eigenvalue weighted by Crippen LogP contribution is -2.43. The highest BCUT2D eigenvalue weighted by Crippen LogP contribution is 2.36. The summed E-state index contributed by atoms with van der Waals surface area (Å²) < 4.78 is 0. The number of amidine groups is 1. The highest BCUT2D eigenvalue weighted by molar-refractivity contribution is 5.93. The first-order chi connectivity index (χ1) is 8.29. The van der Waals surface area contributed by atoms with E-state index in [-0.39, 0.29) is 0 Å². The average Bonchev–Trinajstić information content (AvgIpc) is 2.81. The van der Waals surface area contributed by atoms with Gasteiger partial charge in [-0.3, -0.25) is 4.99 Å². The number of likely N-dealkylation sites (tertiary alicyclic amines) is 1. The molecule has 1 spiro atoms. The van der Waals surface area contributed by atoms with Gasteiger partial charge in [-0.1, -0.05) is 18.7 Å². The second-order valence-electron chi connectivity index (χ2n) is 5.09. The Hall–Kier alpha value is -1.09. The van der Waals surface area contributed by atoms with Crippen LogP contribution in [0.3, 0.4) is 0 Å². The van der Waals surface area contributed by atoms with Crippen molar-refractivity contribution >= 4 is 5.84 Å². The van der Waals surface area contributed by atoms with Crippen LogP contribution in [0.2, 0.25) is 0 Å². The first kappa shape index (κ1) is 12.4. The fourth-order valence-corrected chi connectivity index (χ4v) is 2.91. The molecule has 94 valence electrons. The summed E-state index contributed by atoms with van der Waals surface area (Å²) in [7, 11) is 1.87. The zero-order valence-corrected chi connectivity index (χ0v) is 10.8. The Kier molecular flexibility index (Phi) is 4.00. The van der Waals surface area contributed by atoms with Crippen LogP contribution in [0.15, 0.2) is 29.8 Å². The molecule has 0 amide bonds. The summed E-state index contributed by atoms with van der Waals surface area (Å²) in [5.74, 6) is 1.09. The Morgan fingerprint density at radius 1 is 1.35 bits per heavy atom. The molecule has 2 fully saturated rings. The van der Waals surface area contributed by atoms with Crippen molar-refractivity contribution in [3.8, 4) is 0 Å². The molecule has 2 aliphatic rings. The molecular formula is C14H23N3. The summed E-state index contributed by atoms with van der Waals surface area (Å²) in [6.45, 7) is 8.38. The largest absolute Gasteiger partial charge is 0.357 e. The molecule has 0 bridgehead atoms. The Labute approximate surface area is 104 Å². The van der Waals surface area contributed by atoms with Crippen molar-refractivity contribution in [2.45, 2.75) is 19.3 Å². The molecule has 0 aromatic rings. The number of nitrogens with one attached hydrogen (secondary N) is 1. The van der Waals surface area contributed by atoms with Gasteiger partial charge >= 0.3 is 0 Å². The van der Waals surface area contributed by atoms with E-state index in [4.69, 9.17) is 0 Å². The standard InChI is InChI=1S/C14H23N3/c1-3-4-5-13(15-2)17-10-7-14(8-11-17)6-9-16-12-14/h3-5,16H,1,6-12H2,2H3/b5-4-,15-13?. The molecule has 0 aliphatic carbocycles. The van der Waals surface area contributed by atoms with E-state index in [1.165, 1.54) is 32.4 Å². The number of rotatable bonds is 2. The lowest BCUT2D eigenvalue weighted by molar-refractivity contribution is 0.169. The Bertz CT molecular complexity index is 314. The number of allylic oxidation sites excluding steroid dienone is 2. The summed E-state index contributed by atoms with van der Waals surface area (Å²) >= 11 is 0. The second kappa shape index (κ2) is 5.50. The van der Waals surface area contributed by atoms with Crippen LogP contribution in [0.4, 0.5) is 0 Å². The molecule has 2 aliphatic heterocycles. The first-order valence-electron chi connectivity index (χ1n) is 6.51. The molecular weight excluding hydrogens is 210 g/mol. The van der Waals surface area contributed by atoms with E-state index in [2.05, 4.69) is 27.9 Å². The van der Waals surface area contributed by atoms with Crippen LogP contribution in [0.1, 0.15) is 19.3 Å². The van der Waals surface area contributed by atoms with Crippen molar-refractivity contribution in [1.29, 1.82) is 0 Å². The number of hydrogen-bond acceptors (Lipinski definition) is 2. The smallest absolute Gasteiger partial charge is 0.123 e. The van der Waals surface area contributed by atoms with Gasteiger partial charge in [0.05, 0.1) is 0 Å². The topological polar surface area (TPSA) is 27.6 Å². The van der Waals surface area contributed by atoms with Crippen molar-refractivity contribution in [2.24, 2.45) is 10.4 Å². The number of aliphatic imine (C=N–C) groups is 1. The van der Waals surface area contributed by atoms with Crippen LogP contribution in [-0.2, 0) is 0 Å². The third-order valence-electron chi connectivity index (χ3n) is 4.09. The zero-order chi connectivity index (χ0) is 12.1. The first-order valence-corrected chi connectivity index (χ1v) is 6.51. The predicted molar refractivity (Wildman–Crippen MR) is 73.4 cm³/mol. The van der Waals surface area contributed by atoms with Gasteiger partial charge in [0.15, 0.2) is 0 Å². The third-order valence-corrected chi connectivity index (χ3v) is 4.09. The molecule has 3 heteroatoms. The van der Waals surface area contributed by atoms with Crippen LogP contribution < -0.4 is 5.32 Å². The molecule has 0 saturated carbocycles. The molecule has 0 radical (unpaired) electrons. The quantitative estimate of drug-likeness (QED) is 0.448. The van der Waals surface area contributed by atoms with Gasteiger partial charge in [0.1, 0.15) is 5.84 Å². The average molecular weight is 233 g/mol. The molecule has 0 aromatic carbocycles. The highest BCUT2D eigenvalue weighted by Gasteiger charge is 2.37. The number of nitrogens with zero attached hydrogens (tertiary/aromatic N) is 2. The zero-order valence-electron chi connectivity index (χ0n) is 10.8. The fourth-order valence-electron chi connectivity index (χ4n) is 2.91. The summed E-state index contributed by atoms with van der Waals surface area (Å²) in [4.78, 5) is 6.75. The maximum Gasteiger partial charge on any atom is 0.123 e. The van der Waals surface area contributed by atoms with Gasteiger partial charge in [0, 0.05) is 26.7 Å². The van der Waals surface area contributed by atoms with Gasteiger partial charge in [-0.2, -0.15) is 0 Å². The van der Waals surface area contributed by atoms with Gasteiger partial charge in [-0.25, -0.2) is 0 Å². The van der Waals surface area contributed by atoms with Crippen LogP contribution in [0, 0.1) is 5.41 Å². The highest BCUT2D eigenvalue weighted by atomic mass is 15.2. The van der Waals surface area contributed by atoms with E-state index >= 15 is 0 Å². The summed E-state index contributed by atoms with van der Waals surface area (Å²) in [6.07, 6.45) is 9.75. The molecule has 0 atom stereocenters. The van der Waals surface area contributed by atoms with Gasteiger partial charge in [-0.05, 0) is 37.3 Å². The van der Waals surface area contributed by atoms with E-state index in [9.17, 15) is 0 Å². The Morgan fingerprint density at radius 2 is 2.12 bits per heavy atom. The van der Waals surface area contributed by atoms with E-state index in [1.54, 1.807) is 6.08 Å². The van der Waals surface area contributed by atoms with Crippen molar-refractivity contribution in [3.05, 3.63) is 24.8 Å². The molecule has 0 unspecified atom stereocenters. The van der Waals surface area contributed by atoms with Crippen LogP contribution in [0.5, 0.6) is 0 Å². The van der Waals surface area contributed by atoms with E-state index in [0.717, 1.165) is 18.9 Å². The lowest BCUT2D eigenvalue weighted by Gasteiger charge is -2.39. The Balaban J connectivity index is 1.93. The molecule has 2 saturated heterocycles. The Morgan fingerprint density at radius 3 is 2.65 bits per heavy atom. The number of hydrogen-bond donors (Lipinski definition) is 1. The normalized spacial score (nSPS) is 24.8. The predicted octanol–water partition coefficient (Wildman–Crippen LogP) is 1.83. The van der Waals surface area contributed by atoms with Crippen LogP contribution in [0.25, 0.3) is 0 Å². The summed E-state index contributed by atoms with van der Waals surface area (Å²) in [6, 6.07) is 0. The SMILES string of the molecule is C=C/C=C\C(=NC)N1CCC2(CCNC2)CC1. The minimum atomic E-state index is 0.581. The third kappa shape index (κ3) is 2.78. The minimum absolute atomic E-state index is 0.581. The lowest BCUT2D eigenvalue weighted by atomic mass is 9.78. The van der Waals surface area contributed by atoms with Crippen LogP contribution in [-0.4, -0.2) is 44.0 Å². The summed E-state index contributed by atoms with van der Waals surface area (Å²) in [5.41, 5.74) is 0.581. The number of piperidine rings is 1. The molecule has 0 aromatic heterocycles. The maximum absolute atomic E-state index is 4.36. The minimum Gasteiger partial charge on any atom is -0.357 e. The van der Waals surface area contributed by atoms with Gasteiger partial charge in [0.25, 0.3) is 0 Å². The van der Waals surface area contributed by atoms with Gasteiger partial charge in [0.2, 0.25) is 0 Å². The van der Waals surface area contributed by atoms with Crippen LogP contribution >= 0.6 is 0 Å².